The highest BCUT2D eigenvalue weighted by Crippen LogP contribution is 2.26. The predicted octanol–water partition coefficient (Wildman–Crippen LogP) is 2.90. The van der Waals surface area contributed by atoms with Gasteiger partial charge in [-0.05, 0) is 38.8 Å². The minimum atomic E-state index is -0.470. The molecule has 108 valence electrons. The Balaban J connectivity index is 2.00. The maximum Gasteiger partial charge on any atom is 0.414 e. The van der Waals surface area contributed by atoms with Crippen molar-refractivity contribution in [1.82, 2.24) is 9.88 Å². The molecule has 0 saturated heterocycles. The molecule has 0 fully saturated rings. The number of aromatic nitrogens is 1. The lowest BCUT2D eigenvalue weighted by molar-refractivity contribution is 0.0324. The maximum atomic E-state index is 11.9. The van der Waals surface area contributed by atoms with Gasteiger partial charge in [-0.1, -0.05) is 12.1 Å². The number of hydrogen-bond acceptors (Lipinski definition) is 4. The number of rotatable bonds is 1. The summed E-state index contributed by atoms with van der Waals surface area (Å²) in [6.07, 6.45) is 6.12. The van der Waals surface area contributed by atoms with Gasteiger partial charge in [-0.2, -0.15) is 0 Å². The molecule has 0 spiro atoms. The first-order chi connectivity index (χ1) is 9.35. The van der Waals surface area contributed by atoms with E-state index in [1.165, 1.54) is 0 Å². The van der Waals surface area contributed by atoms with Crippen LogP contribution in [-0.4, -0.2) is 28.1 Å². The van der Waals surface area contributed by atoms with Crippen LogP contribution in [0.15, 0.2) is 30.6 Å². The molecule has 5 heteroatoms. The molecule has 1 atom stereocenters. The summed E-state index contributed by atoms with van der Waals surface area (Å²) in [5.74, 6) is 0.783. The van der Waals surface area contributed by atoms with Crippen LogP contribution in [0.1, 0.15) is 38.7 Å². The summed E-state index contributed by atoms with van der Waals surface area (Å²) in [4.78, 5) is 17.6. The predicted molar refractivity (Wildman–Crippen MR) is 78.1 cm³/mol. The average molecular weight is 275 g/mol. The van der Waals surface area contributed by atoms with Gasteiger partial charge in [-0.15, -0.1) is 0 Å². The first-order valence-corrected chi connectivity index (χ1v) is 6.74. The van der Waals surface area contributed by atoms with Gasteiger partial charge in [-0.25, -0.2) is 9.78 Å². The third kappa shape index (κ3) is 3.73. The molecule has 0 bridgehead atoms. The number of pyridine rings is 1. The Bertz CT molecular complexity index is 503. The lowest BCUT2D eigenvalue weighted by Gasteiger charge is -2.29. The van der Waals surface area contributed by atoms with Crippen molar-refractivity contribution < 1.29 is 9.53 Å². The third-order valence-electron chi connectivity index (χ3n) is 3.04. The zero-order valence-electron chi connectivity index (χ0n) is 12.2. The normalized spacial score (nSPS) is 18.9. The lowest BCUT2D eigenvalue weighted by Crippen LogP contribution is -2.36. The molecule has 0 aromatic carbocycles. The fourth-order valence-corrected chi connectivity index (χ4v) is 2.04. The molecule has 1 aromatic heterocycles. The van der Waals surface area contributed by atoms with Crippen LogP contribution in [0.5, 0.6) is 0 Å². The van der Waals surface area contributed by atoms with Crippen LogP contribution in [-0.2, 0) is 4.74 Å². The zero-order chi connectivity index (χ0) is 14.8. The Morgan fingerprint density at radius 3 is 2.70 bits per heavy atom. The van der Waals surface area contributed by atoms with Crippen LogP contribution in [0.4, 0.5) is 10.6 Å². The van der Waals surface area contributed by atoms with Crippen molar-refractivity contribution >= 4 is 11.9 Å². The van der Waals surface area contributed by atoms with Crippen LogP contribution in [0.3, 0.4) is 0 Å². The molecule has 2 heterocycles. The number of carbonyl (C=O) groups excluding carboxylic acids is 1. The monoisotopic (exact) mass is 275 g/mol. The quantitative estimate of drug-likeness (QED) is 0.855. The first-order valence-electron chi connectivity index (χ1n) is 6.74. The van der Waals surface area contributed by atoms with E-state index in [0.29, 0.717) is 12.4 Å². The Morgan fingerprint density at radius 1 is 1.45 bits per heavy atom. The van der Waals surface area contributed by atoms with E-state index in [9.17, 15) is 4.79 Å². The van der Waals surface area contributed by atoms with Gasteiger partial charge in [-0.3, -0.25) is 4.90 Å². The molecule has 2 rings (SSSR count). The number of hydrogen-bond donors (Lipinski definition) is 1. The topological polar surface area (TPSA) is 68.5 Å². The van der Waals surface area contributed by atoms with E-state index < -0.39 is 5.60 Å². The molecule has 1 aliphatic rings. The van der Waals surface area contributed by atoms with Gasteiger partial charge >= 0.3 is 6.09 Å². The van der Waals surface area contributed by atoms with Crippen LogP contribution in [0.25, 0.3) is 0 Å². The van der Waals surface area contributed by atoms with Gasteiger partial charge in [0.15, 0.2) is 0 Å². The Kier molecular flexibility index (Phi) is 3.97. The van der Waals surface area contributed by atoms with Crippen molar-refractivity contribution in [2.24, 2.45) is 0 Å². The van der Waals surface area contributed by atoms with E-state index in [4.69, 9.17) is 10.5 Å². The highest BCUT2D eigenvalue weighted by atomic mass is 16.6. The first kappa shape index (κ1) is 14.4. The van der Waals surface area contributed by atoms with Crippen LogP contribution < -0.4 is 5.73 Å². The van der Waals surface area contributed by atoms with E-state index in [2.05, 4.69) is 4.98 Å². The Hall–Kier alpha value is -2.04. The largest absolute Gasteiger partial charge is 0.443 e. The van der Waals surface area contributed by atoms with Crippen LogP contribution in [0.2, 0.25) is 0 Å². The summed E-state index contributed by atoms with van der Waals surface area (Å²) in [5, 5.41) is 0. The fraction of sp³-hybridized carbons (Fsp3) is 0.467. The number of ether oxygens (including phenoxy) is 1. The van der Waals surface area contributed by atoms with E-state index in [-0.39, 0.29) is 12.0 Å². The Labute approximate surface area is 119 Å². The molecule has 2 N–H and O–H groups in total. The number of nitrogens with zero attached hydrogens (tertiary/aromatic N) is 2. The van der Waals surface area contributed by atoms with Crippen molar-refractivity contribution in [3.8, 4) is 0 Å². The molecule has 0 saturated carbocycles. The Morgan fingerprint density at radius 2 is 2.20 bits per heavy atom. The number of nitrogen functional groups attached to an aromatic ring is 1. The van der Waals surface area contributed by atoms with Gasteiger partial charge in [0.05, 0.1) is 0 Å². The van der Waals surface area contributed by atoms with Crippen molar-refractivity contribution in [2.45, 2.75) is 38.7 Å². The second-order valence-electron chi connectivity index (χ2n) is 5.93. The maximum absolute atomic E-state index is 11.9. The molecule has 1 unspecified atom stereocenters. The number of nitrogens with two attached hydrogens (primary N) is 1. The molecule has 5 nitrogen and oxygen atoms in total. The molecular formula is C15H21N3O2. The van der Waals surface area contributed by atoms with Gasteiger partial charge in [0.25, 0.3) is 0 Å². The number of allylic oxidation sites excluding steroid dienone is 1. The van der Waals surface area contributed by atoms with Gasteiger partial charge in [0, 0.05) is 24.9 Å². The molecule has 20 heavy (non-hydrogen) atoms. The lowest BCUT2D eigenvalue weighted by atomic mass is 9.95. The van der Waals surface area contributed by atoms with E-state index in [1.807, 2.05) is 32.9 Å². The third-order valence-corrected chi connectivity index (χ3v) is 3.04. The summed E-state index contributed by atoms with van der Waals surface area (Å²) < 4.78 is 5.34. The van der Waals surface area contributed by atoms with Gasteiger partial charge < -0.3 is 10.5 Å². The highest BCUT2D eigenvalue weighted by molar-refractivity contribution is 5.69. The van der Waals surface area contributed by atoms with Crippen molar-refractivity contribution in [1.29, 1.82) is 0 Å². The summed E-state index contributed by atoms with van der Waals surface area (Å²) in [6, 6.07) is 3.77. The zero-order valence-corrected chi connectivity index (χ0v) is 12.2. The SMILES string of the molecule is CC(C)(C)OC(=O)N1C=CC(c2ccc(N)nc2)CC1. The summed E-state index contributed by atoms with van der Waals surface area (Å²) >= 11 is 0. The number of carbonyl (C=O) groups is 1. The standard InChI is InChI=1S/C15H21N3O2/c1-15(2,3)20-14(19)18-8-6-11(7-9-18)12-4-5-13(16)17-10-12/h4-6,8,10-11H,7,9H2,1-3H3,(H2,16,17). The smallest absolute Gasteiger partial charge is 0.414 e. The van der Waals surface area contributed by atoms with E-state index in [1.54, 1.807) is 23.4 Å². The average Bonchev–Trinajstić information content (AvgIpc) is 2.38. The molecule has 0 radical (unpaired) electrons. The molecule has 1 amide bonds. The summed E-state index contributed by atoms with van der Waals surface area (Å²) in [5.41, 5.74) is 6.22. The van der Waals surface area contributed by atoms with Gasteiger partial charge in [0.2, 0.25) is 0 Å². The van der Waals surface area contributed by atoms with E-state index in [0.717, 1.165) is 12.0 Å². The second kappa shape index (κ2) is 5.53. The molecule has 1 aliphatic heterocycles. The fourth-order valence-electron chi connectivity index (χ4n) is 2.04. The van der Waals surface area contributed by atoms with E-state index >= 15 is 0 Å². The van der Waals surface area contributed by atoms with Crippen molar-refractivity contribution in [2.75, 3.05) is 12.3 Å². The van der Waals surface area contributed by atoms with Crippen LogP contribution in [0, 0.1) is 0 Å². The summed E-state index contributed by atoms with van der Waals surface area (Å²) in [7, 11) is 0. The molecular weight excluding hydrogens is 254 g/mol. The molecule has 1 aromatic rings. The summed E-state index contributed by atoms with van der Waals surface area (Å²) in [6.45, 7) is 6.23. The van der Waals surface area contributed by atoms with Crippen molar-refractivity contribution in [3.63, 3.8) is 0 Å². The van der Waals surface area contributed by atoms with Crippen LogP contribution >= 0.6 is 0 Å². The minimum absolute atomic E-state index is 0.266. The number of anilines is 1. The minimum Gasteiger partial charge on any atom is -0.443 e. The van der Waals surface area contributed by atoms with Crippen molar-refractivity contribution in [3.05, 3.63) is 36.2 Å². The second-order valence-corrected chi connectivity index (χ2v) is 5.93. The number of amides is 1. The highest BCUT2D eigenvalue weighted by Gasteiger charge is 2.24. The van der Waals surface area contributed by atoms with Gasteiger partial charge in [0.1, 0.15) is 11.4 Å². The molecule has 0 aliphatic carbocycles.